The zero-order valence-electron chi connectivity index (χ0n) is 13.3. The van der Waals surface area contributed by atoms with E-state index in [9.17, 15) is 14.7 Å². The normalized spacial score (nSPS) is 17.1. The van der Waals surface area contributed by atoms with Crippen molar-refractivity contribution in [1.82, 2.24) is 15.3 Å². The number of phenols is 1. The summed E-state index contributed by atoms with van der Waals surface area (Å²) in [5.74, 6) is -0.536. The number of rotatable bonds is 4. The molecule has 7 nitrogen and oxygen atoms in total. The molecule has 2 N–H and O–H groups in total. The van der Waals surface area contributed by atoms with Crippen molar-refractivity contribution < 1.29 is 14.7 Å². The summed E-state index contributed by atoms with van der Waals surface area (Å²) in [7, 11) is 0. The van der Waals surface area contributed by atoms with E-state index in [2.05, 4.69) is 15.3 Å². The number of nitrogens with zero attached hydrogens (tertiary/aromatic N) is 3. The van der Waals surface area contributed by atoms with Gasteiger partial charge in [-0.25, -0.2) is 0 Å². The second kappa shape index (κ2) is 6.66. The molecule has 1 aromatic heterocycles. The van der Waals surface area contributed by atoms with E-state index in [1.165, 1.54) is 12.1 Å². The largest absolute Gasteiger partial charge is 0.508 e. The summed E-state index contributed by atoms with van der Waals surface area (Å²) < 4.78 is 0. The lowest BCUT2D eigenvalue weighted by molar-refractivity contribution is -0.126. The number of phenolic OH excluding ortho intramolecular Hbond substituents is 1. The Bertz CT molecular complexity index is 743. The molecule has 7 heteroatoms. The van der Waals surface area contributed by atoms with Gasteiger partial charge in [0.05, 0.1) is 30.0 Å². The molecule has 2 aromatic rings. The minimum absolute atomic E-state index is 0.101. The van der Waals surface area contributed by atoms with Crippen LogP contribution in [0.3, 0.4) is 0 Å². The lowest BCUT2D eigenvalue weighted by atomic mass is 10.1. The number of benzene rings is 1. The van der Waals surface area contributed by atoms with Gasteiger partial charge in [0.1, 0.15) is 5.75 Å². The van der Waals surface area contributed by atoms with E-state index in [0.717, 1.165) is 5.69 Å². The molecule has 1 saturated heterocycles. The van der Waals surface area contributed by atoms with Crippen molar-refractivity contribution in [3.8, 4) is 5.75 Å². The monoisotopic (exact) mass is 326 g/mol. The maximum absolute atomic E-state index is 12.3. The fourth-order valence-electron chi connectivity index (χ4n) is 2.60. The summed E-state index contributed by atoms with van der Waals surface area (Å²) in [4.78, 5) is 34.3. The van der Waals surface area contributed by atoms with E-state index in [1.807, 2.05) is 6.92 Å². The first-order valence-corrected chi connectivity index (χ1v) is 7.67. The molecule has 0 bridgehead atoms. The molecule has 0 aliphatic carbocycles. The van der Waals surface area contributed by atoms with Crippen LogP contribution in [-0.2, 0) is 16.1 Å². The van der Waals surface area contributed by atoms with Crippen LogP contribution in [0.15, 0.2) is 36.7 Å². The highest BCUT2D eigenvalue weighted by molar-refractivity contribution is 6.00. The van der Waals surface area contributed by atoms with Crippen molar-refractivity contribution in [1.29, 1.82) is 0 Å². The van der Waals surface area contributed by atoms with E-state index in [0.29, 0.717) is 17.9 Å². The summed E-state index contributed by atoms with van der Waals surface area (Å²) in [6.45, 7) is 2.46. The molecule has 0 saturated carbocycles. The van der Waals surface area contributed by atoms with Crippen LogP contribution >= 0.6 is 0 Å². The molecule has 1 unspecified atom stereocenters. The molecule has 0 spiro atoms. The average Bonchev–Trinajstić information content (AvgIpc) is 2.97. The Morgan fingerprint density at radius 2 is 2.04 bits per heavy atom. The predicted octanol–water partition coefficient (Wildman–Crippen LogP) is 1.16. The number of carbonyl (C=O) groups is 2. The molecule has 0 radical (unpaired) electrons. The molecular weight excluding hydrogens is 308 g/mol. The van der Waals surface area contributed by atoms with Crippen LogP contribution in [0.25, 0.3) is 0 Å². The number of hydrogen-bond donors (Lipinski definition) is 2. The summed E-state index contributed by atoms with van der Waals surface area (Å²) >= 11 is 0. The summed E-state index contributed by atoms with van der Waals surface area (Å²) in [5, 5.41) is 12.1. The highest BCUT2D eigenvalue weighted by atomic mass is 16.3. The van der Waals surface area contributed by atoms with E-state index in [1.54, 1.807) is 29.4 Å². The molecule has 2 heterocycles. The Balaban J connectivity index is 1.59. The van der Waals surface area contributed by atoms with Crippen LogP contribution in [0.1, 0.15) is 17.8 Å². The van der Waals surface area contributed by atoms with Crippen molar-refractivity contribution in [3.63, 3.8) is 0 Å². The maximum atomic E-state index is 12.3. The van der Waals surface area contributed by atoms with Gasteiger partial charge in [-0.1, -0.05) is 0 Å². The van der Waals surface area contributed by atoms with Crippen molar-refractivity contribution in [2.75, 3.05) is 11.4 Å². The minimum Gasteiger partial charge on any atom is -0.508 e. The molecule has 1 aliphatic rings. The Kier molecular flexibility index (Phi) is 4.41. The van der Waals surface area contributed by atoms with Gasteiger partial charge >= 0.3 is 0 Å². The van der Waals surface area contributed by atoms with Gasteiger partial charge in [-0.3, -0.25) is 19.6 Å². The van der Waals surface area contributed by atoms with Crippen LogP contribution in [0.4, 0.5) is 5.69 Å². The van der Waals surface area contributed by atoms with Gasteiger partial charge < -0.3 is 15.3 Å². The lowest BCUT2D eigenvalue weighted by Crippen LogP contribution is -2.32. The number of carbonyl (C=O) groups excluding carboxylic acids is 2. The summed E-state index contributed by atoms with van der Waals surface area (Å²) in [6.07, 6.45) is 3.44. The van der Waals surface area contributed by atoms with E-state index in [4.69, 9.17) is 0 Å². The Hall–Kier alpha value is -2.96. The third-order valence-electron chi connectivity index (χ3n) is 3.94. The predicted molar refractivity (Wildman–Crippen MR) is 87.2 cm³/mol. The number of amides is 2. The van der Waals surface area contributed by atoms with E-state index < -0.39 is 5.92 Å². The van der Waals surface area contributed by atoms with Gasteiger partial charge in [-0.2, -0.15) is 0 Å². The first-order chi connectivity index (χ1) is 11.5. The third-order valence-corrected chi connectivity index (χ3v) is 3.94. The fraction of sp³-hybridized carbons (Fsp3) is 0.294. The molecule has 1 aliphatic heterocycles. The van der Waals surface area contributed by atoms with Crippen LogP contribution in [-0.4, -0.2) is 33.4 Å². The third kappa shape index (κ3) is 3.51. The first-order valence-electron chi connectivity index (χ1n) is 7.67. The number of anilines is 1. The minimum atomic E-state index is -0.398. The van der Waals surface area contributed by atoms with Gasteiger partial charge in [0.25, 0.3) is 0 Å². The number of nitrogens with one attached hydrogen (secondary N) is 1. The Morgan fingerprint density at radius 1 is 1.29 bits per heavy atom. The van der Waals surface area contributed by atoms with Gasteiger partial charge in [0.2, 0.25) is 11.8 Å². The zero-order chi connectivity index (χ0) is 17.1. The molecular formula is C17H18N4O3. The Labute approximate surface area is 139 Å². The van der Waals surface area contributed by atoms with Gasteiger partial charge in [-0.15, -0.1) is 0 Å². The maximum Gasteiger partial charge on any atom is 0.227 e. The molecule has 1 aromatic carbocycles. The van der Waals surface area contributed by atoms with Crippen LogP contribution in [0.2, 0.25) is 0 Å². The zero-order valence-corrected chi connectivity index (χ0v) is 13.3. The molecule has 24 heavy (non-hydrogen) atoms. The quantitative estimate of drug-likeness (QED) is 0.879. The molecule has 124 valence electrons. The number of hydrogen-bond acceptors (Lipinski definition) is 5. The average molecular weight is 326 g/mol. The highest BCUT2D eigenvalue weighted by Gasteiger charge is 2.34. The molecule has 2 amide bonds. The fourth-order valence-corrected chi connectivity index (χ4v) is 2.60. The van der Waals surface area contributed by atoms with Crippen molar-refractivity contribution in [2.45, 2.75) is 19.9 Å². The number of aryl methyl sites for hydroxylation is 1. The van der Waals surface area contributed by atoms with Crippen LogP contribution in [0.5, 0.6) is 5.75 Å². The van der Waals surface area contributed by atoms with Gasteiger partial charge in [0.15, 0.2) is 0 Å². The van der Waals surface area contributed by atoms with Crippen molar-refractivity contribution in [2.24, 2.45) is 5.92 Å². The highest BCUT2D eigenvalue weighted by Crippen LogP contribution is 2.26. The lowest BCUT2D eigenvalue weighted by Gasteiger charge is -2.16. The van der Waals surface area contributed by atoms with Crippen LogP contribution < -0.4 is 10.2 Å². The number of aromatic hydroxyl groups is 1. The smallest absolute Gasteiger partial charge is 0.227 e. The second-order valence-electron chi connectivity index (χ2n) is 5.79. The van der Waals surface area contributed by atoms with Gasteiger partial charge in [-0.05, 0) is 31.2 Å². The van der Waals surface area contributed by atoms with E-state index in [-0.39, 0.29) is 30.5 Å². The number of aromatic nitrogens is 2. The Morgan fingerprint density at radius 3 is 2.71 bits per heavy atom. The summed E-state index contributed by atoms with van der Waals surface area (Å²) in [6, 6.07) is 6.36. The molecule has 1 fully saturated rings. The van der Waals surface area contributed by atoms with Gasteiger partial charge in [0, 0.05) is 24.8 Å². The standard InChI is InChI=1S/C17H18N4O3/c1-11-7-19-13(8-18-11)9-20-17(24)12-6-16(23)21(10-12)14-2-4-15(22)5-3-14/h2-5,7-8,12,22H,6,9-10H2,1H3,(H,20,24). The van der Waals surface area contributed by atoms with Crippen LogP contribution in [0, 0.1) is 12.8 Å². The molecule has 3 rings (SSSR count). The van der Waals surface area contributed by atoms with E-state index >= 15 is 0 Å². The van der Waals surface area contributed by atoms with Crippen molar-refractivity contribution in [3.05, 3.63) is 48.0 Å². The SMILES string of the molecule is Cc1cnc(CNC(=O)C2CC(=O)N(c3ccc(O)cc3)C2)cn1. The first kappa shape index (κ1) is 15.9. The summed E-state index contributed by atoms with van der Waals surface area (Å²) in [5.41, 5.74) is 2.17. The second-order valence-corrected chi connectivity index (χ2v) is 5.79. The van der Waals surface area contributed by atoms with Crippen molar-refractivity contribution >= 4 is 17.5 Å². The topological polar surface area (TPSA) is 95.4 Å². The molecule has 1 atom stereocenters.